The summed E-state index contributed by atoms with van der Waals surface area (Å²) in [7, 11) is -3.79. The number of hydrogen-bond acceptors (Lipinski definition) is 7. The molecule has 0 saturated carbocycles. The maximum atomic E-state index is 13.1. The molecule has 0 bridgehead atoms. The molecule has 0 saturated heterocycles. The van der Waals surface area contributed by atoms with E-state index in [1.54, 1.807) is 43.3 Å². The van der Waals surface area contributed by atoms with Gasteiger partial charge in [0.25, 0.3) is 0 Å². The van der Waals surface area contributed by atoms with Crippen LogP contribution in [0.25, 0.3) is 0 Å². The van der Waals surface area contributed by atoms with Crippen LogP contribution in [0.1, 0.15) is 26.2 Å². The molecule has 1 atom stereocenters. The van der Waals surface area contributed by atoms with Gasteiger partial charge in [0.1, 0.15) is 18.0 Å². The molecule has 1 unspecified atom stereocenters. The van der Waals surface area contributed by atoms with E-state index in [0.717, 1.165) is 17.7 Å². The summed E-state index contributed by atoms with van der Waals surface area (Å²) in [5.74, 6) is 6.82. The second-order valence-corrected chi connectivity index (χ2v) is 10.5. The summed E-state index contributed by atoms with van der Waals surface area (Å²) in [5, 5.41) is 1.97. The highest BCUT2D eigenvalue weighted by molar-refractivity contribution is 14.1. The number of carbonyl (C=O) groups excluding carboxylic acids is 1. The largest absolute Gasteiger partial charge is 0.465 e. The van der Waals surface area contributed by atoms with Crippen molar-refractivity contribution >= 4 is 50.2 Å². The van der Waals surface area contributed by atoms with Crippen LogP contribution in [-0.2, 0) is 19.6 Å². The molecule has 184 valence electrons. The van der Waals surface area contributed by atoms with E-state index in [1.807, 2.05) is 0 Å². The number of halogens is 2. The number of benzene rings is 2. The maximum Gasteiger partial charge on any atom is 0.327 e. The molecule has 0 amide bonds. The molecule has 1 aliphatic rings. The number of ether oxygens (including phenoxy) is 2. The van der Waals surface area contributed by atoms with Crippen molar-refractivity contribution in [3.63, 3.8) is 0 Å². The molecule has 0 aliphatic heterocycles. The quantitative estimate of drug-likeness (QED) is 0.133. The molecule has 2 aromatic carbocycles. The molecule has 0 spiro atoms. The van der Waals surface area contributed by atoms with Crippen molar-refractivity contribution in [3.05, 3.63) is 64.8 Å². The first-order chi connectivity index (χ1) is 16.2. The van der Waals surface area contributed by atoms with E-state index in [4.69, 9.17) is 26.9 Å². The predicted octanol–water partition coefficient (Wildman–Crippen LogP) is 4.39. The number of alkyl halides is 1. The SMILES string of the molecule is CCOC(=O)CN(N)C1=C(CI)C(NS(=O)(=O)c2ccc(Oc3ccc(Cl)cc3)cc2)CCC1. The van der Waals surface area contributed by atoms with Crippen LogP contribution in [0.4, 0.5) is 0 Å². The zero-order chi connectivity index (χ0) is 24.7. The summed E-state index contributed by atoms with van der Waals surface area (Å²) < 4.78 is 40.3. The average Bonchev–Trinajstić information content (AvgIpc) is 2.80. The molecule has 11 heteroatoms. The Morgan fingerprint density at radius 2 is 1.79 bits per heavy atom. The summed E-state index contributed by atoms with van der Waals surface area (Å²) in [4.78, 5) is 12.0. The van der Waals surface area contributed by atoms with Gasteiger partial charge in [-0.15, -0.1) is 0 Å². The van der Waals surface area contributed by atoms with E-state index in [1.165, 1.54) is 17.1 Å². The normalized spacial score (nSPS) is 16.3. The van der Waals surface area contributed by atoms with E-state index in [9.17, 15) is 13.2 Å². The molecule has 2 aromatic rings. The fourth-order valence-corrected chi connectivity index (χ4v) is 6.02. The Balaban J connectivity index is 1.73. The van der Waals surface area contributed by atoms with Crippen LogP contribution in [0.2, 0.25) is 5.02 Å². The summed E-state index contributed by atoms with van der Waals surface area (Å²) in [6.07, 6.45) is 2.06. The minimum Gasteiger partial charge on any atom is -0.465 e. The zero-order valence-electron chi connectivity index (χ0n) is 18.7. The molecule has 0 aromatic heterocycles. The van der Waals surface area contributed by atoms with Crippen LogP contribution in [0.3, 0.4) is 0 Å². The number of nitrogens with one attached hydrogen (secondary N) is 1. The maximum absolute atomic E-state index is 13.1. The van der Waals surface area contributed by atoms with Gasteiger partial charge in [0.05, 0.1) is 11.5 Å². The molecule has 0 fully saturated rings. The molecule has 34 heavy (non-hydrogen) atoms. The standard InChI is InChI=1S/C23H27ClIN3O5S/c1-2-32-23(29)15-28(26)22-5-3-4-21(20(22)14-25)27-34(30,31)19-12-10-18(11-13-19)33-17-8-6-16(24)7-9-17/h6-13,21,27H,2-5,14-15,26H2,1H3. The number of rotatable bonds is 10. The van der Waals surface area contributed by atoms with Gasteiger partial charge >= 0.3 is 5.97 Å². The van der Waals surface area contributed by atoms with Gasteiger partial charge in [-0.2, -0.15) is 0 Å². The third-order valence-corrected chi connectivity index (χ3v) is 7.84. The number of allylic oxidation sites excluding steroid dienone is 1. The van der Waals surface area contributed by atoms with E-state index in [0.29, 0.717) is 33.8 Å². The third kappa shape index (κ3) is 7.08. The van der Waals surface area contributed by atoms with Gasteiger partial charge in [-0.1, -0.05) is 34.2 Å². The Morgan fingerprint density at radius 1 is 1.18 bits per heavy atom. The second kappa shape index (κ2) is 12.2. The number of esters is 1. The lowest BCUT2D eigenvalue weighted by Gasteiger charge is -2.32. The van der Waals surface area contributed by atoms with Gasteiger partial charge in [-0.05, 0) is 80.3 Å². The minimum atomic E-state index is -3.79. The molecular formula is C23H27ClIN3O5S. The summed E-state index contributed by atoms with van der Waals surface area (Å²) in [6.45, 7) is 1.92. The number of hydrogen-bond donors (Lipinski definition) is 2. The van der Waals surface area contributed by atoms with Gasteiger partial charge in [0, 0.05) is 21.2 Å². The van der Waals surface area contributed by atoms with Crippen LogP contribution < -0.4 is 15.3 Å². The minimum absolute atomic E-state index is 0.0855. The number of hydrazine groups is 1. The summed E-state index contributed by atoms with van der Waals surface area (Å²) in [5.41, 5.74) is 1.64. The van der Waals surface area contributed by atoms with Gasteiger partial charge in [-0.25, -0.2) is 19.0 Å². The van der Waals surface area contributed by atoms with Crippen LogP contribution in [0.5, 0.6) is 11.5 Å². The molecule has 0 heterocycles. The van der Waals surface area contributed by atoms with E-state index < -0.39 is 22.0 Å². The monoisotopic (exact) mass is 619 g/mol. The first kappa shape index (κ1) is 26.7. The molecule has 0 radical (unpaired) electrons. The van der Waals surface area contributed by atoms with Crippen LogP contribution in [0, 0.1) is 0 Å². The van der Waals surface area contributed by atoms with Gasteiger partial charge in [0.2, 0.25) is 10.0 Å². The fraction of sp³-hybridized carbons (Fsp3) is 0.348. The lowest BCUT2D eigenvalue weighted by molar-refractivity contribution is -0.144. The van der Waals surface area contributed by atoms with Crippen molar-refractivity contribution in [1.82, 2.24) is 9.73 Å². The van der Waals surface area contributed by atoms with Gasteiger partial charge in [-0.3, -0.25) is 4.79 Å². The summed E-state index contributed by atoms with van der Waals surface area (Å²) >= 11 is 8.07. The molecule has 3 rings (SSSR count). The first-order valence-corrected chi connectivity index (χ1v) is 14.1. The first-order valence-electron chi connectivity index (χ1n) is 10.7. The lowest BCUT2D eigenvalue weighted by atomic mass is 9.93. The van der Waals surface area contributed by atoms with Crippen molar-refractivity contribution in [2.75, 3.05) is 17.6 Å². The Morgan fingerprint density at radius 3 is 2.38 bits per heavy atom. The van der Waals surface area contributed by atoms with Crippen molar-refractivity contribution in [1.29, 1.82) is 0 Å². The van der Waals surface area contributed by atoms with Crippen molar-refractivity contribution in [2.24, 2.45) is 5.84 Å². The van der Waals surface area contributed by atoms with E-state index in [-0.39, 0.29) is 18.0 Å². The predicted molar refractivity (Wildman–Crippen MR) is 139 cm³/mol. The van der Waals surface area contributed by atoms with Crippen LogP contribution in [-0.4, -0.2) is 43.0 Å². The number of carbonyl (C=O) groups is 1. The van der Waals surface area contributed by atoms with E-state index >= 15 is 0 Å². The number of nitrogens with two attached hydrogens (primary N) is 1. The Labute approximate surface area is 218 Å². The molecule has 3 N–H and O–H groups in total. The Hall–Kier alpha value is -1.86. The van der Waals surface area contributed by atoms with Gasteiger partial charge < -0.3 is 14.5 Å². The van der Waals surface area contributed by atoms with Crippen LogP contribution in [0.15, 0.2) is 64.7 Å². The van der Waals surface area contributed by atoms with Crippen molar-refractivity contribution < 1.29 is 22.7 Å². The highest BCUT2D eigenvalue weighted by Gasteiger charge is 2.29. The summed E-state index contributed by atoms with van der Waals surface area (Å²) in [6, 6.07) is 12.7. The fourth-order valence-electron chi connectivity index (χ4n) is 3.66. The molecule has 8 nitrogen and oxygen atoms in total. The third-order valence-electron chi connectivity index (χ3n) is 5.27. The second-order valence-electron chi connectivity index (χ2n) is 7.63. The van der Waals surface area contributed by atoms with Crippen LogP contribution >= 0.6 is 34.2 Å². The topological polar surface area (TPSA) is 111 Å². The smallest absolute Gasteiger partial charge is 0.327 e. The number of sulfonamides is 1. The van der Waals surface area contributed by atoms with E-state index in [2.05, 4.69) is 27.3 Å². The zero-order valence-corrected chi connectivity index (χ0v) is 22.4. The highest BCUT2D eigenvalue weighted by Crippen LogP contribution is 2.30. The van der Waals surface area contributed by atoms with Crippen molar-refractivity contribution in [2.45, 2.75) is 37.1 Å². The number of nitrogens with zero attached hydrogens (tertiary/aromatic N) is 1. The Bertz CT molecular complexity index is 1120. The van der Waals surface area contributed by atoms with Gasteiger partial charge in [0.15, 0.2) is 0 Å². The molecule has 1 aliphatic carbocycles. The average molecular weight is 620 g/mol. The van der Waals surface area contributed by atoms with Crippen molar-refractivity contribution in [3.8, 4) is 11.5 Å². The molecular weight excluding hydrogens is 593 g/mol. The lowest BCUT2D eigenvalue weighted by Crippen LogP contribution is -2.44. The Kier molecular flexibility index (Phi) is 9.60. The highest BCUT2D eigenvalue weighted by atomic mass is 127.